The van der Waals surface area contributed by atoms with Gasteiger partial charge in [0.2, 0.25) is 0 Å². The summed E-state index contributed by atoms with van der Waals surface area (Å²) in [5.74, 6) is 0.843. The van der Waals surface area contributed by atoms with Crippen LogP contribution in [-0.4, -0.2) is 24.7 Å². The molecule has 0 saturated heterocycles. The lowest BCUT2D eigenvalue weighted by Crippen LogP contribution is -2.10. The molecule has 1 fully saturated rings. The average Bonchev–Trinajstić information content (AvgIpc) is 3.08. The van der Waals surface area contributed by atoms with Gasteiger partial charge in [-0.2, -0.15) is 0 Å². The van der Waals surface area contributed by atoms with Gasteiger partial charge < -0.3 is 10.1 Å². The molecule has 0 spiro atoms. The largest absolute Gasteiger partial charge is 0.379 e. The van der Waals surface area contributed by atoms with E-state index in [1.54, 1.807) is 11.3 Å². The lowest BCUT2D eigenvalue weighted by molar-refractivity contribution is 0.134. The summed E-state index contributed by atoms with van der Waals surface area (Å²) in [6.07, 6.45) is 2.70. The van der Waals surface area contributed by atoms with Crippen LogP contribution in [-0.2, 0) is 4.74 Å². The molecule has 1 aliphatic rings. The fourth-order valence-electron chi connectivity index (χ4n) is 1.93. The first-order chi connectivity index (χ1) is 8.83. The number of benzene rings is 1. The van der Waals surface area contributed by atoms with Gasteiger partial charge in [-0.1, -0.05) is 23.5 Å². The minimum Gasteiger partial charge on any atom is -0.379 e. The molecule has 96 valence electrons. The average molecular weight is 262 g/mol. The zero-order valence-corrected chi connectivity index (χ0v) is 11.4. The molecule has 3 rings (SSSR count). The Kier molecular flexibility index (Phi) is 3.48. The van der Waals surface area contributed by atoms with E-state index in [-0.39, 0.29) is 0 Å². The van der Waals surface area contributed by atoms with Crippen LogP contribution in [0.4, 0.5) is 5.13 Å². The number of aromatic nitrogens is 1. The van der Waals surface area contributed by atoms with Crippen molar-refractivity contribution in [2.75, 3.05) is 25.1 Å². The maximum absolute atomic E-state index is 5.59. The maximum Gasteiger partial charge on any atom is 0.183 e. The molecule has 18 heavy (non-hydrogen) atoms. The number of ether oxygens (including phenoxy) is 1. The van der Waals surface area contributed by atoms with Gasteiger partial charge in [-0.3, -0.25) is 0 Å². The van der Waals surface area contributed by atoms with Crippen LogP contribution in [0.1, 0.15) is 18.4 Å². The van der Waals surface area contributed by atoms with Crippen LogP contribution in [0.3, 0.4) is 0 Å². The Morgan fingerprint density at radius 3 is 3.11 bits per heavy atom. The number of thiazole rings is 1. The normalized spacial score (nSPS) is 15.2. The lowest BCUT2D eigenvalue weighted by Gasteiger charge is -2.03. The summed E-state index contributed by atoms with van der Waals surface area (Å²) in [5, 5.41) is 4.33. The summed E-state index contributed by atoms with van der Waals surface area (Å²) >= 11 is 1.71. The van der Waals surface area contributed by atoms with Crippen LogP contribution in [0.25, 0.3) is 10.2 Å². The molecule has 0 amide bonds. The molecule has 4 heteroatoms. The van der Waals surface area contributed by atoms with E-state index in [2.05, 4.69) is 35.4 Å². The van der Waals surface area contributed by atoms with Crippen molar-refractivity contribution in [3.05, 3.63) is 23.8 Å². The Morgan fingerprint density at radius 1 is 1.44 bits per heavy atom. The lowest BCUT2D eigenvalue weighted by atomic mass is 10.2. The molecule has 0 atom stereocenters. The third-order valence-corrected chi connectivity index (χ3v) is 4.17. The summed E-state index contributed by atoms with van der Waals surface area (Å²) in [7, 11) is 0. The van der Waals surface area contributed by atoms with Crippen molar-refractivity contribution in [2.45, 2.75) is 19.8 Å². The maximum atomic E-state index is 5.59. The van der Waals surface area contributed by atoms with Crippen molar-refractivity contribution in [1.82, 2.24) is 4.98 Å². The number of fused-ring (bicyclic) bond motifs is 1. The standard InChI is InChI=1S/C14H18N2OS/c1-10-3-2-4-12-13(10)16-14(18-12)15-7-8-17-9-11-5-6-11/h2-4,11H,5-9H2,1H3,(H,15,16). The van der Waals surface area contributed by atoms with E-state index in [1.165, 1.54) is 23.1 Å². The summed E-state index contributed by atoms with van der Waals surface area (Å²) in [6.45, 7) is 4.64. The minimum atomic E-state index is 0.769. The van der Waals surface area contributed by atoms with E-state index in [0.717, 1.165) is 36.3 Å². The molecule has 1 heterocycles. The molecule has 3 nitrogen and oxygen atoms in total. The molecule has 0 bridgehead atoms. The molecule has 0 radical (unpaired) electrons. The highest BCUT2D eigenvalue weighted by Crippen LogP contribution is 2.29. The number of hydrogen-bond donors (Lipinski definition) is 1. The van der Waals surface area contributed by atoms with Crippen LogP contribution in [0, 0.1) is 12.8 Å². The van der Waals surface area contributed by atoms with E-state index in [0.29, 0.717) is 0 Å². The zero-order chi connectivity index (χ0) is 12.4. The number of aryl methyl sites for hydroxylation is 1. The molecule has 1 saturated carbocycles. The monoisotopic (exact) mass is 262 g/mol. The Bertz CT molecular complexity index is 534. The Labute approximate surface area is 111 Å². The number of hydrogen-bond acceptors (Lipinski definition) is 4. The van der Waals surface area contributed by atoms with Crippen molar-refractivity contribution in [2.24, 2.45) is 5.92 Å². The Hall–Kier alpha value is -1.13. The second-order valence-electron chi connectivity index (χ2n) is 4.89. The number of anilines is 1. The topological polar surface area (TPSA) is 34.1 Å². The van der Waals surface area contributed by atoms with Gasteiger partial charge in [0.25, 0.3) is 0 Å². The predicted octanol–water partition coefficient (Wildman–Crippen LogP) is 3.44. The van der Waals surface area contributed by atoms with Gasteiger partial charge in [-0.25, -0.2) is 4.98 Å². The second kappa shape index (κ2) is 5.24. The molecular weight excluding hydrogens is 244 g/mol. The van der Waals surface area contributed by atoms with Gasteiger partial charge >= 0.3 is 0 Å². The van der Waals surface area contributed by atoms with Crippen LogP contribution in [0.5, 0.6) is 0 Å². The highest BCUT2D eigenvalue weighted by atomic mass is 32.1. The van der Waals surface area contributed by atoms with E-state index in [1.807, 2.05) is 0 Å². The van der Waals surface area contributed by atoms with E-state index in [4.69, 9.17) is 4.74 Å². The highest BCUT2D eigenvalue weighted by Gasteiger charge is 2.20. The van der Waals surface area contributed by atoms with Crippen molar-refractivity contribution in [1.29, 1.82) is 0 Å². The van der Waals surface area contributed by atoms with Crippen molar-refractivity contribution < 1.29 is 4.74 Å². The summed E-state index contributed by atoms with van der Waals surface area (Å²) < 4.78 is 6.84. The first kappa shape index (κ1) is 11.9. The first-order valence-corrected chi connectivity index (χ1v) is 7.32. The molecule has 1 aliphatic carbocycles. The van der Waals surface area contributed by atoms with Gasteiger partial charge in [-0.05, 0) is 37.3 Å². The van der Waals surface area contributed by atoms with Gasteiger partial charge in [-0.15, -0.1) is 0 Å². The van der Waals surface area contributed by atoms with Crippen LogP contribution >= 0.6 is 11.3 Å². The molecule has 1 aromatic carbocycles. The third kappa shape index (κ3) is 2.82. The molecular formula is C14H18N2OS. The smallest absolute Gasteiger partial charge is 0.183 e. The molecule has 1 aromatic heterocycles. The summed E-state index contributed by atoms with van der Waals surface area (Å²) in [6, 6.07) is 6.30. The summed E-state index contributed by atoms with van der Waals surface area (Å²) in [5.41, 5.74) is 2.35. The van der Waals surface area contributed by atoms with Crippen LogP contribution < -0.4 is 5.32 Å². The van der Waals surface area contributed by atoms with Gasteiger partial charge in [0.15, 0.2) is 5.13 Å². The van der Waals surface area contributed by atoms with Gasteiger partial charge in [0.05, 0.1) is 16.8 Å². The summed E-state index contributed by atoms with van der Waals surface area (Å²) in [4.78, 5) is 4.61. The van der Waals surface area contributed by atoms with Gasteiger partial charge in [0.1, 0.15) is 0 Å². The highest BCUT2D eigenvalue weighted by molar-refractivity contribution is 7.22. The van der Waals surface area contributed by atoms with E-state index in [9.17, 15) is 0 Å². The number of rotatable bonds is 6. The van der Waals surface area contributed by atoms with E-state index >= 15 is 0 Å². The second-order valence-corrected chi connectivity index (χ2v) is 5.92. The van der Waals surface area contributed by atoms with Gasteiger partial charge in [0, 0.05) is 13.2 Å². The zero-order valence-electron chi connectivity index (χ0n) is 10.6. The van der Waals surface area contributed by atoms with Crippen molar-refractivity contribution >= 4 is 26.7 Å². The van der Waals surface area contributed by atoms with Crippen LogP contribution in [0.15, 0.2) is 18.2 Å². The minimum absolute atomic E-state index is 0.769. The molecule has 1 N–H and O–H groups in total. The third-order valence-electron chi connectivity index (χ3n) is 3.19. The number of nitrogens with zero attached hydrogens (tertiary/aromatic N) is 1. The quantitative estimate of drug-likeness (QED) is 0.810. The number of nitrogens with one attached hydrogen (secondary N) is 1. The van der Waals surface area contributed by atoms with Crippen molar-refractivity contribution in [3.63, 3.8) is 0 Å². The molecule has 2 aromatic rings. The predicted molar refractivity (Wildman–Crippen MR) is 76.4 cm³/mol. The first-order valence-electron chi connectivity index (χ1n) is 6.51. The fraction of sp³-hybridized carbons (Fsp3) is 0.500. The SMILES string of the molecule is Cc1cccc2sc(NCCOCC3CC3)nc12. The fourth-order valence-corrected chi connectivity index (χ4v) is 2.90. The molecule has 0 aliphatic heterocycles. The van der Waals surface area contributed by atoms with Crippen LogP contribution in [0.2, 0.25) is 0 Å². The molecule has 0 unspecified atom stereocenters. The van der Waals surface area contributed by atoms with E-state index < -0.39 is 0 Å². The number of para-hydroxylation sites is 1. The Morgan fingerprint density at radius 2 is 2.33 bits per heavy atom. The Balaban J connectivity index is 1.52. The van der Waals surface area contributed by atoms with Crippen molar-refractivity contribution in [3.8, 4) is 0 Å².